The number of nitrogens with zero attached hydrogens (tertiary/aromatic N) is 2. The van der Waals surface area contributed by atoms with Crippen molar-refractivity contribution in [3.8, 4) is 5.75 Å². The molecule has 1 aromatic carbocycles. The number of carbonyl (C=O) groups is 1. The Labute approximate surface area is 188 Å². The van der Waals surface area contributed by atoms with Crippen molar-refractivity contribution in [2.75, 3.05) is 7.05 Å². The summed E-state index contributed by atoms with van der Waals surface area (Å²) in [5.41, 5.74) is 6.11. The van der Waals surface area contributed by atoms with E-state index in [1.165, 1.54) is 18.2 Å². The minimum absolute atomic E-state index is 0.0367. The zero-order valence-electron chi connectivity index (χ0n) is 19.3. The molecule has 1 aliphatic rings. The molecular formula is C24H32N6O2. The minimum Gasteiger partial charge on any atom is -0.507 e. The zero-order chi connectivity index (χ0) is 23.8. The van der Waals surface area contributed by atoms with Gasteiger partial charge >= 0.3 is 0 Å². The number of likely N-dealkylation sites (N-methyl/N-ethyl adjacent to an activating group) is 1. The molecule has 3 rings (SSSR count). The summed E-state index contributed by atoms with van der Waals surface area (Å²) < 4.78 is 0. The topological polar surface area (TPSA) is 139 Å². The van der Waals surface area contributed by atoms with Crippen LogP contribution >= 0.6 is 0 Å². The smallest absolute Gasteiger partial charge is 0.267 e. The summed E-state index contributed by atoms with van der Waals surface area (Å²) in [4.78, 5) is 17.6. The molecule has 1 amide bonds. The van der Waals surface area contributed by atoms with Gasteiger partial charge in [-0.15, -0.1) is 0 Å². The summed E-state index contributed by atoms with van der Waals surface area (Å²) >= 11 is 0. The van der Waals surface area contributed by atoms with Crippen molar-refractivity contribution in [3.63, 3.8) is 0 Å². The summed E-state index contributed by atoms with van der Waals surface area (Å²) in [5.74, 6) is -0.414. The molecule has 0 spiro atoms. The lowest BCUT2D eigenvalue weighted by Gasteiger charge is -2.49. The number of benzene rings is 1. The van der Waals surface area contributed by atoms with Crippen molar-refractivity contribution in [2.24, 2.45) is 5.73 Å². The average Bonchev–Trinajstić information content (AvgIpc) is 2.67. The molecule has 0 aliphatic carbocycles. The maximum Gasteiger partial charge on any atom is 0.267 e. The summed E-state index contributed by atoms with van der Waals surface area (Å²) in [5, 5.41) is 31.6. The van der Waals surface area contributed by atoms with Crippen molar-refractivity contribution >= 4 is 28.4 Å². The second-order valence-electron chi connectivity index (χ2n) is 9.82. The number of carbonyl (C=O) groups excluding carboxylic acids is 1. The van der Waals surface area contributed by atoms with Crippen molar-refractivity contribution in [1.82, 2.24) is 15.2 Å². The fourth-order valence-corrected chi connectivity index (χ4v) is 4.62. The number of nitrogens with two attached hydrogens (primary N) is 1. The highest BCUT2D eigenvalue weighted by Gasteiger charge is 2.39. The number of amidine groups is 1. The molecule has 0 radical (unpaired) electrons. The molecule has 8 nitrogen and oxygen atoms in total. The van der Waals surface area contributed by atoms with E-state index in [1.807, 2.05) is 11.9 Å². The van der Waals surface area contributed by atoms with Crippen LogP contribution in [0, 0.1) is 10.8 Å². The first-order valence-electron chi connectivity index (χ1n) is 10.6. The number of nitrogens with one attached hydrogen (secondary N) is 3. The maximum atomic E-state index is 11.4. The molecule has 1 saturated heterocycles. The van der Waals surface area contributed by atoms with Gasteiger partial charge in [0, 0.05) is 35.1 Å². The van der Waals surface area contributed by atoms with Crippen LogP contribution in [-0.4, -0.2) is 56.6 Å². The fraction of sp³-hybridized carbons (Fsp3) is 0.417. The summed E-state index contributed by atoms with van der Waals surface area (Å²) in [7, 11) is 1.90. The summed E-state index contributed by atoms with van der Waals surface area (Å²) in [6, 6.07) is 6.39. The lowest BCUT2D eigenvalue weighted by Crippen LogP contribution is -2.62. The van der Waals surface area contributed by atoms with Gasteiger partial charge in [-0.3, -0.25) is 10.2 Å². The zero-order valence-corrected chi connectivity index (χ0v) is 19.3. The number of piperidine rings is 1. The number of hydrogen-bond acceptors (Lipinski definition) is 6. The van der Waals surface area contributed by atoms with Crippen LogP contribution in [0.5, 0.6) is 5.75 Å². The number of phenolic OH excluding ortho intramolecular Hbond substituents is 1. The van der Waals surface area contributed by atoms with E-state index < -0.39 is 5.91 Å². The number of rotatable bonds is 5. The fourth-order valence-electron chi connectivity index (χ4n) is 4.62. The molecule has 1 aliphatic heterocycles. The highest BCUT2D eigenvalue weighted by atomic mass is 16.3. The van der Waals surface area contributed by atoms with Crippen molar-refractivity contribution in [1.29, 1.82) is 10.8 Å². The Balaban J connectivity index is 1.79. The van der Waals surface area contributed by atoms with Gasteiger partial charge in [0.05, 0.1) is 11.2 Å². The molecule has 0 unspecified atom stereocenters. The van der Waals surface area contributed by atoms with Gasteiger partial charge < -0.3 is 26.5 Å². The molecule has 32 heavy (non-hydrogen) atoms. The first-order chi connectivity index (χ1) is 14.8. The number of hydrogen-bond donors (Lipinski definition) is 5. The summed E-state index contributed by atoms with van der Waals surface area (Å²) in [6.45, 7) is 8.68. The van der Waals surface area contributed by atoms with Gasteiger partial charge in [0.15, 0.2) is 0 Å². The number of fused-ring (bicyclic) bond motifs is 1. The van der Waals surface area contributed by atoms with E-state index in [2.05, 4.69) is 38.0 Å². The van der Waals surface area contributed by atoms with Crippen LogP contribution in [0.15, 0.2) is 36.4 Å². The third-order valence-electron chi connectivity index (χ3n) is 5.85. The van der Waals surface area contributed by atoms with E-state index in [0.29, 0.717) is 16.7 Å². The largest absolute Gasteiger partial charge is 0.507 e. The van der Waals surface area contributed by atoms with Gasteiger partial charge in [0.25, 0.3) is 5.91 Å². The van der Waals surface area contributed by atoms with Crippen molar-refractivity contribution in [2.45, 2.75) is 57.7 Å². The quantitative estimate of drug-likeness (QED) is 0.362. The van der Waals surface area contributed by atoms with Gasteiger partial charge in [-0.1, -0.05) is 6.07 Å². The number of amides is 1. The predicted octanol–water partition coefficient (Wildman–Crippen LogP) is 3.18. The highest BCUT2D eigenvalue weighted by molar-refractivity contribution is 6.12. The number of phenols is 1. The Morgan fingerprint density at radius 1 is 1.19 bits per heavy atom. The molecule has 0 atom stereocenters. The van der Waals surface area contributed by atoms with E-state index in [4.69, 9.17) is 16.6 Å². The van der Waals surface area contributed by atoms with Gasteiger partial charge in [-0.25, -0.2) is 4.98 Å². The molecule has 1 aromatic heterocycles. The van der Waals surface area contributed by atoms with E-state index in [9.17, 15) is 9.90 Å². The van der Waals surface area contributed by atoms with Crippen LogP contribution < -0.4 is 11.1 Å². The van der Waals surface area contributed by atoms with Crippen LogP contribution in [0.1, 0.15) is 56.6 Å². The number of allylic oxidation sites excluding steroid dienone is 1. The van der Waals surface area contributed by atoms with Gasteiger partial charge in [-0.05, 0) is 70.9 Å². The molecule has 170 valence electrons. The number of aromatic nitrogens is 1. The molecule has 8 heteroatoms. The number of aromatic hydroxyl groups is 1. The molecule has 2 heterocycles. The SMILES string of the molecule is CN(C(=N)/C=C\C(=N)c1cc2nc(C(N)=O)ccc2cc1O)C1CC(C)(C)NC(C)(C)C1. The Kier molecular flexibility index (Phi) is 6.11. The number of pyridine rings is 1. The van der Waals surface area contributed by atoms with Gasteiger partial charge in [0.2, 0.25) is 0 Å². The Bertz CT molecular complexity index is 1100. The van der Waals surface area contributed by atoms with E-state index >= 15 is 0 Å². The predicted molar refractivity (Wildman–Crippen MR) is 128 cm³/mol. The lowest BCUT2D eigenvalue weighted by atomic mass is 9.79. The van der Waals surface area contributed by atoms with Crippen LogP contribution in [0.2, 0.25) is 0 Å². The molecule has 1 fully saturated rings. The molecule has 0 saturated carbocycles. The van der Waals surface area contributed by atoms with Crippen LogP contribution in [-0.2, 0) is 0 Å². The molecule has 0 bridgehead atoms. The molecule has 6 N–H and O–H groups in total. The monoisotopic (exact) mass is 436 g/mol. The Hall–Kier alpha value is -3.26. The third kappa shape index (κ3) is 5.13. The second-order valence-corrected chi connectivity index (χ2v) is 9.82. The maximum absolute atomic E-state index is 11.4. The Morgan fingerprint density at radius 3 is 2.41 bits per heavy atom. The highest BCUT2D eigenvalue weighted by Crippen LogP contribution is 2.31. The van der Waals surface area contributed by atoms with Gasteiger partial charge in [-0.2, -0.15) is 0 Å². The van der Waals surface area contributed by atoms with Crippen molar-refractivity contribution < 1.29 is 9.90 Å². The van der Waals surface area contributed by atoms with E-state index in [0.717, 1.165) is 12.8 Å². The van der Waals surface area contributed by atoms with Crippen LogP contribution in [0.25, 0.3) is 10.9 Å². The van der Waals surface area contributed by atoms with Gasteiger partial charge in [0.1, 0.15) is 17.3 Å². The van der Waals surface area contributed by atoms with Crippen LogP contribution in [0.4, 0.5) is 0 Å². The normalized spacial score (nSPS) is 18.0. The minimum atomic E-state index is -0.641. The Morgan fingerprint density at radius 2 is 1.81 bits per heavy atom. The van der Waals surface area contributed by atoms with Crippen LogP contribution in [0.3, 0.4) is 0 Å². The number of primary amides is 1. The third-order valence-corrected chi connectivity index (χ3v) is 5.85. The molecular weight excluding hydrogens is 404 g/mol. The standard InChI is InChI=1S/C24H32N6O2/c1-23(2)12-15(13-24(3,4)29-23)30(5)21(26)9-7-17(25)16-11-19-14(10-20(16)31)6-8-18(28-19)22(27)32/h6-11,15,25-26,29,31H,12-13H2,1-5H3,(H2,27,32)/b9-7-,25-17?,26-21?. The first-order valence-corrected chi connectivity index (χ1v) is 10.6. The van der Waals surface area contributed by atoms with E-state index in [1.54, 1.807) is 18.2 Å². The lowest BCUT2D eigenvalue weighted by molar-refractivity contribution is 0.0995. The first kappa shape index (κ1) is 23.4. The summed E-state index contributed by atoms with van der Waals surface area (Å²) in [6.07, 6.45) is 4.87. The average molecular weight is 437 g/mol. The van der Waals surface area contributed by atoms with E-state index in [-0.39, 0.29) is 39.8 Å². The second kappa shape index (κ2) is 8.35. The van der Waals surface area contributed by atoms with Crippen molar-refractivity contribution in [3.05, 3.63) is 47.7 Å². The molecule has 2 aromatic rings.